The molecule has 1 unspecified atom stereocenters. The van der Waals surface area contributed by atoms with Crippen molar-refractivity contribution in [1.82, 2.24) is 15.1 Å². The zero-order valence-electron chi connectivity index (χ0n) is 13.6. The Morgan fingerprint density at radius 2 is 2.04 bits per heavy atom. The quantitative estimate of drug-likeness (QED) is 0.773. The molecule has 1 aliphatic rings. The number of hydrogen-bond donors (Lipinski definition) is 1. The number of morpholine rings is 1. The van der Waals surface area contributed by atoms with E-state index in [1.54, 1.807) is 31.0 Å². The maximum Gasteiger partial charge on any atom is 0.264 e. The molecule has 9 heteroatoms. The number of hydrogen-bond acceptors (Lipinski definition) is 5. The second-order valence-corrected chi connectivity index (χ2v) is 7.95. The van der Waals surface area contributed by atoms with E-state index >= 15 is 0 Å². The van der Waals surface area contributed by atoms with Crippen LogP contribution in [0.4, 0.5) is 0 Å². The number of likely N-dealkylation sites (N-methyl/N-ethyl adjacent to an activating group) is 1. The summed E-state index contributed by atoms with van der Waals surface area (Å²) in [6, 6.07) is 2.86. The van der Waals surface area contributed by atoms with Gasteiger partial charge in [0.2, 0.25) is 11.8 Å². The molecule has 0 bridgehead atoms. The Morgan fingerprint density at radius 3 is 2.62 bits per heavy atom. The van der Waals surface area contributed by atoms with Crippen molar-refractivity contribution < 1.29 is 19.1 Å². The number of thiophene rings is 1. The van der Waals surface area contributed by atoms with Crippen molar-refractivity contribution in [3.8, 4) is 0 Å². The molecule has 2 rings (SSSR count). The highest BCUT2D eigenvalue weighted by molar-refractivity contribution is 9.11. The largest absolute Gasteiger partial charge is 0.378 e. The molecule has 7 nitrogen and oxygen atoms in total. The molecule has 1 N–H and O–H groups in total. The molecule has 1 fully saturated rings. The van der Waals surface area contributed by atoms with Gasteiger partial charge >= 0.3 is 0 Å². The minimum absolute atomic E-state index is 0.102. The van der Waals surface area contributed by atoms with Gasteiger partial charge in [-0.2, -0.15) is 0 Å². The molecule has 2 heterocycles. The van der Waals surface area contributed by atoms with Crippen molar-refractivity contribution in [2.24, 2.45) is 0 Å². The fourth-order valence-electron chi connectivity index (χ4n) is 2.31. The minimum atomic E-state index is -0.630. The van der Waals surface area contributed by atoms with Gasteiger partial charge < -0.3 is 19.9 Å². The van der Waals surface area contributed by atoms with E-state index in [0.717, 1.165) is 3.79 Å². The number of ether oxygens (including phenoxy) is 1. The van der Waals surface area contributed by atoms with Crippen LogP contribution in [0.3, 0.4) is 0 Å². The van der Waals surface area contributed by atoms with Crippen LogP contribution in [0, 0.1) is 0 Å². The molecule has 132 valence electrons. The third-order valence-electron chi connectivity index (χ3n) is 3.58. The number of amides is 3. The highest BCUT2D eigenvalue weighted by atomic mass is 79.9. The van der Waals surface area contributed by atoms with Crippen LogP contribution in [0.5, 0.6) is 0 Å². The molecular formula is C15H20BrN3O4S. The van der Waals surface area contributed by atoms with E-state index in [0.29, 0.717) is 31.2 Å². The van der Waals surface area contributed by atoms with E-state index in [9.17, 15) is 14.4 Å². The minimum Gasteiger partial charge on any atom is -0.378 e. The second kappa shape index (κ2) is 8.59. The predicted octanol–water partition coefficient (Wildman–Crippen LogP) is 0.946. The number of rotatable bonds is 5. The summed E-state index contributed by atoms with van der Waals surface area (Å²) in [7, 11) is 1.56. The summed E-state index contributed by atoms with van der Waals surface area (Å²) >= 11 is 4.61. The van der Waals surface area contributed by atoms with Gasteiger partial charge in [-0.25, -0.2) is 0 Å². The SMILES string of the molecule is CC(NC(=O)CN(C)C(=O)c1ccc(Br)s1)C(=O)N1CCOCC1. The standard InChI is InChI=1S/C15H20BrN3O4S/c1-10(14(21)19-5-7-23-8-6-19)17-13(20)9-18(2)15(22)11-3-4-12(16)24-11/h3-4,10H,5-9H2,1-2H3,(H,17,20). The molecule has 0 spiro atoms. The first-order valence-electron chi connectivity index (χ1n) is 7.55. The summed E-state index contributed by atoms with van der Waals surface area (Å²) in [6.45, 7) is 3.64. The number of carbonyl (C=O) groups excluding carboxylic acids is 3. The summed E-state index contributed by atoms with van der Waals surface area (Å²) in [6.07, 6.45) is 0. The second-order valence-electron chi connectivity index (χ2n) is 5.49. The molecule has 0 aromatic carbocycles. The van der Waals surface area contributed by atoms with Crippen molar-refractivity contribution in [2.45, 2.75) is 13.0 Å². The maximum absolute atomic E-state index is 12.2. The summed E-state index contributed by atoms with van der Waals surface area (Å²) in [5.41, 5.74) is 0. The van der Waals surface area contributed by atoms with Crippen LogP contribution in [0.2, 0.25) is 0 Å². The summed E-state index contributed by atoms with van der Waals surface area (Å²) in [5, 5.41) is 2.65. The molecule has 1 saturated heterocycles. The van der Waals surface area contributed by atoms with Crippen LogP contribution in [0.25, 0.3) is 0 Å². The van der Waals surface area contributed by atoms with Crippen LogP contribution in [0.15, 0.2) is 15.9 Å². The van der Waals surface area contributed by atoms with Crippen LogP contribution in [-0.2, 0) is 14.3 Å². The monoisotopic (exact) mass is 417 g/mol. The smallest absolute Gasteiger partial charge is 0.264 e. The average Bonchev–Trinajstić information content (AvgIpc) is 3.00. The lowest BCUT2D eigenvalue weighted by Crippen LogP contribution is -2.52. The zero-order chi connectivity index (χ0) is 17.7. The average molecular weight is 418 g/mol. The zero-order valence-corrected chi connectivity index (χ0v) is 16.0. The van der Waals surface area contributed by atoms with Gasteiger partial charge in [-0.15, -0.1) is 11.3 Å². The number of nitrogens with one attached hydrogen (secondary N) is 1. The van der Waals surface area contributed by atoms with Gasteiger partial charge in [-0.3, -0.25) is 14.4 Å². The van der Waals surface area contributed by atoms with Crippen molar-refractivity contribution in [2.75, 3.05) is 39.9 Å². The van der Waals surface area contributed by atoms with Gasteiger partial charge in [0.05, 0.1) is 28.4 Å². The van der Waals surface area contributed by atoms with Crippen molar-refractivity contribution >= 4 is 45.0 Å². The van der Waals surface area contributed by atoms with E-state index in [2.05, 4.69) is 21.2 Å². The van der Waals surface area contributed by atoms with Gasteiger partial charge in [0.1, 0.15) is 6.04 Å². The van der Waals surface area contributed by atoms with E-state index in [4.69, 9.17) is 4.74 Å². The summed E-state index contributed by atoms with van der Waals surface area (Å²) in [4.78, 5) is 40.1. The van der Waals surface area contributed by atoms with Gasteiger partial charge in [0.25, 0.3) is 5.91 Å². The Kier molecular flexibility index (Phi) is 6.76. The molecule has 0 aliphatic carbocycles. The van der Waals surface area contributed by atoms with Crippen molar-refractivity contribution in [1.29, 1.82) is 0 Å². The first kappa shape index (κ1) is 18.9. The molecule has 1 atom stereocenters. The Morgan fingerprint density at radius 1 is 1.38 bits per heavy atom. The molecule has 1 aromatic heterocycles. The number of nitrogens with zero attached hydrogens (tertiary/aromatic N) is 2. The Labute approximate surface area is 153 Å². The van der Waals surface area contributed by atoms with Gasteiger partial charge in [0.15, 0.2) is 0 Å². The predicted molar refractivity (Wildman–Crippen MR) is 94.0 cm³/mol. The summed E-state index contributed by atoms with van der Waals surface area (Å²) in [5.74, 6) is -0.730. The lowest BCUT2D eigenvalue weighted by molar-refractivity contribution is -0.139. The molecule has 24 heavy (non-hydrogen) atoms. The first-order valence-corrected chi connectivity index (χ1v) is 9.16. The number of carbonyl (C=O) groups is 3. The van der Waals surface area contributed by atoms with E-state index in [1.807, 2.05) is 0 Å². The Balaban J connectivity index is 1.83. The lowest BCUT2D eigenvalue weighted by Gasteiger charge is -2.29. The summed E-state index contributed by atoms with van der Waals surface area (Å²) < 4.78 is 6.06. The molecule has 3 amide bonds. The van der Waals surface area contributed by atoms with Gasteiger partial charge in [0, 0.05) is 20.1 Å². The van der Waals surface area contributed by atoms with E-state index in [1.165, 1.54) is 16.2 Å². The highest BCUT2D eigenvalue weighted by Gasteiger charge is 2.24. The Bertz CT molecular complexity index is 616. The third kappa shape index (κ3) is 5.02. The van der Waals surface area contributed by atoms with Crippen LogP contribution in [0.1, 0.15) is 16.6 Å². The van der Waals surface area contributed by atoms with Crippen LogP contribution >= 0.6 is 27.3 Å². The topological polar surface area (TPSA) is 79.0 Å². The molecular weight excluding hydrogens is 398 g/mol. The van der Waals surface area contributed by atoms with Gasteiger partial charge in [-0.05, 0) is 35.0 Å². The van der Waals surface area contributed by atoms with Crippen molar-refractivity contribution in [3.05, 3.63) is 20.8 Å². The Hall–Kier alpha value is -1.45. The number of halogens is 1. The van der Waals surface area contributed by atoms with Crippen molar-refractivity contribution in [3.63, 3.8) is 0 Å². The molecule has 0 radical (unpaired) electrons. The molecule has 0 saturated carbocycles. The molecule has 1 aromatic rings. The first-order chi connectivity index (χ1) is 11.4. The van der Waals surface area contributed by atoms with Gasteiger partial charge in [-0.1, -0.05) is 0 Å². The molecule has 1 aliphatic heterocycles. The normalized spacial score (nSPS) is 15.7. The third-order valence-corrected chi connectivity index (χ3v) is 5.19. The lowest BCUT2D eigenvalue weighted by atomic mass is 10.2. The maximum atomic E-state index is 12.2. The fraction of sp³-hybridized carbons (Fsp3) is 0.533. The van der Waals surface area contributed by atoms with Crippen LogP contribution in [-0.4, -0.2) is 73.5 Å². The van der Waals surface area contributed by atoms with Crippen LogP contribution < -0.4 is 5.32 Å². The highest BCUT2D eigenvalue weighted by Crippen LogP contribution is 2.22. The van der Waals surface area contributed by atoms with E-state index < -0.39 is 6.04 Å². The van der Waals surface area contributed by atoms with E-state index in [-0.39, 0.29) is 24.3 Å². The fourth-order valence-corrected chi connectivity index (χ4v) is 3.69.